The van der Waals surface area contributed by atoms with Crippen LogP contribution in [-0.4, -0.2) is 24.5 Å². The molecule has 0 aliphatic rings. The average Bonchev–Trinajstić information content (AvgIpc) is 2.21. The molecule has 0 saturated heterocycles. The van der Waals surface area contributed by atoms with Crippen LogP contribution >= 0.6 is 0 Å². The van der Waals surface area contributed by atoms with Crippen molar-refractivity contribution >= 4 is 0 Å². The topological polar surface area (TPSA) is 3.24 Å². The zero-order chi connectivity index (χ0) is 13.4. The molecule has 0 fully saturated rings. The molecule has 0 aromatic carbocycles. The van der Waals surface area contributed by atoms with Crippen molar-refractivity contribution in [2.24, 2.45) is 23.7 Å². The lowest BCUT2D eigenvalue weighted by molar-refractivity contribution is 0.193. The molecule has 1 nitrogen and oxygen atoms in total. The van der Waals surface area contributed by atoms with Gasteiger partial charge in [0.05, 0.1) is 0 Å². The zero-order valence-corrected chi connectivity index (χ0v) is 13.3. The molecule has 1 atom stereocenters. The SMILES string of the molecule is CC(C)CCN(CCC(C)C)CC(C)C(C)C. The van der Waals surface area contributed by atoms with Gasteiger partial charge < -0.3 is 4.90 Å². The van der Waals surface area contributed by atoms with Crippen molar-refractivity contribution in [3.63, 3.8) is 0 Å². The summed E-state index contributed by atoms with van der Waals surface area (Å²) in [6, 6.07) is 0. The molecule has 0 rings (SSSR count). The molecule has 1 unspecified atom stereocenters. The number of hydrogen-bond acceptors (Lipinski definition) is 1. The molecular weight excluding hydrogens is 206 g/mol. The van der Waals surface area contributed by atoms with Gasteiger partial charge in [-0.25, -0.2) is 0 Å². The van der Waals surface area contributed by atoms with Gasteiger partial charge in [0.2, 0.25) is 0 Å². The molecule has 0 aromatic heterocycles. The van der Waals surface area contributed by atoms with E-state index in [4.69, 9.17) is 0 Å². The second-order valence-electron chi connectivity index (χ2n) is 6.89. The van der Waals surface area contributed by atoms with Crippen LogP contribution in [0.15, 0.2) is 0 Å². The average molecular weight is 241 g/mol. The van der Waals surface area contributed by atoms with Crippen molar-refractivity contribution in [2.45, 2.75) is 61.3 Å². The van der Waals surface area contributed by atoms with Gasteiger partial charge in [-0.2, -0.15) is 0 Å². The molecule has 0 amide bonds. The highest BCUT2D eigenvalue weighted by atomic mass is 15.1. The van der Waals surface area contributed by atoms with Gasteiger partial charge in [0, 0.05) is 6.54 Å². The van der Waals surface area contributed by atoms with E-state index in [1.54, 1.807) is 0 Å². The first-order valence-electron chi connectivity index (χ1n) is 7.55. The summed E-state index contributed by atoms with van der Waals surface area (Å²) in [6.07, 6.45) is 2.67. The fourth-order valence-electron chi connectivity index (χ4n) is 1.79. The lowest BCUT2D eigenvalue weighted by Gasteiger charge is -2.28. The van der Waals surface area contributed by atoms with E-state index >= 15 is 0 Å². The largest absolute Gasteiger partial charge is 0.303 e. The van der Waals surface area contributed by atoms with Gasteiger partial charge in [-0.05, 0) is 49.6 Å². The summed E-state index contributed by atoms with van der Waals surface area (Å²) in [5.41, 5.74) is 0. The van der Waals surface area contributed by atoms with Gasteiger partial charge in [-0.1, -0.05) is 48.5 Å². The van der Waals surface area contributed by atoms with Gasteiger partial charge in [0.15, 0.2) is 0 Å². The molecule has 0 aromatic rings. The summed E-state index contributed by atoms with van der Waals surface area (Å²) in [7, 11) is 0. The fraction of sp³-hybridized carbons (Fsp3) is 1.00. The minimum absolute atomic E-state index is 0.801. The molecule has 1 heteroatoms. The molecule has 0 radical (unpaired) electrons. The highest BCUT2D eigenvalue weighted by Crippen LogP contribution is 2.14. The molecule has 0 bridgehead atoms. The van der Waals surface area contributed by atoms with Crippen molar-refractivity contribution in [2.75, 3.05) is 19.6 Å². The van der Waals surface area contributed by atoms with E-state index in [1.807, 2.05) is 0 Å². The minimum Gasteiger partial charge on any atom is -0.303 e. The minimum atomic E-state index is 0.801. The number of rotatable bonds is 9. The maximum absolute atomic E-state index is 2.69. The van der Waals surface area contributed by atoms with Crippen LogP contribution in [0.25, 0.3) is 0 Å². The molecule has 0 saturated carbocycles. The Balaban J connectivity index is 4.09. The van der Waals surface area contributed by atoms with Crippen molar-refractivity contribution in [3.8, 4) is 0 Å². The second kappa shape index (κ2) is 8.97. The zero-order valence-electron chi connectivity index (χ0n) is 13.3. The van der Waals surface area contributed by atoms with Crippen LogP contribution in [0.5, 0.6) is 0 Å². The summed E-state index contributed by atoms with van der Waals surface area (Å²) in [5.74, 6) is 3.27. The van der Waals surface area contributed by atoms with Crippen LogP contribution in [0.4, 0.5) is 0 Å². The highest BCUT2D eigenvalue weighted by Gasteiger charge is 2.13. The van der Waals surface area contributed by atoms with Crippen LogP contribution < -0.4 is 0 Å². The summed E-state index contributed by atoms with van der Waals surface area (Å²) >= 11 is 0. The van der Waals surface area contributed by atoms with E-state index in [-0.39, 0.29) is 0 Å². The summed E-state index contributed by atoms with van der Waals surface area (Å²) in [4.78, 5) is 2.69. The van der Waals surface area contributed by atoms with Gasteiger partial charge in [-0.15, -0.1) is 0 Å². The molecule has 0 heterocycles. The third-order valence-corrected chi connectivity index (χ3v) is 3.73. The van der Waals surface area contributed by atoms with Crippen molar-refractivity contribution in [1.82, 2.24) is 4.90 Å². The molecule has 0 aliphatic carbocycles. The lowest BCUT2D eigenvalue weighted by atomic mass is 9.97. The Morgan fingerprint density at radius 2 is 1.12 bits per heavy atom. The summed E-state index contributed by atoms with van der Waals surface area (Å²) in [5, 5.41) is 0. The molecule has 0 aliphatic heterocycles. The van der Waals surface area contributed by atoms with Crippen molar-refractivity contribution in [1.29, 1.82) is 0 Å². The van der Waals surface area contributed by atoms with Gasteiger partial charge in [0.25, 0.3) is 0 Å². The smallest absolute Gasteiger partial charge is 0.000946 e. The third-order valence-electron chi connectivity index (χ3n) is 3.73. The second-order valence-corrected chi connectivity index (χ2v) is 6.89. The first kappa shape index (κ1) is 17.0. The molecular formula is C16H35N. The maximum atomic E-state index is 2.69. The first-order valence-corrected chi connectivity index (χ1v) is 7.55. The van der Waals surface area contributed by atoms with Crippen LogP contribution in [0.3, 0.4) is 0 Å². The van der Waals surface area contributed by atoms with Crippen LogP contribution in [0.1, 0.15) is 61.3 Å². The van der Waals surface area contributed by atoms with Crippen molar-refractivity contribution < 1.29 is 0 Å². The Morgan fingerprint density at radius 3 is 1.41 bits per heavy atom. The van der Waals surface area contributed by atoms with E-state index in [0.29, 0.717) is 0 Å². The van der Waals surface area contributed by atoms with Gasteiger partial charge in [0.1, 0.15) is 0 Å². The van der Waals surface area contributed by atoms with Crippen LogP contribution in [-0.2, 0) is 0 Å². The molecule has 0 spiro atoms. The lowest BCUT2D eigenvalue weighted by Crippen LogP contribution is -2.33. The number of nitrogens with zero attached hydrogens (tertiary/aromatic N) is 1. The Morgan fingerprint density at radius 1 is 0.706 bits per heavy atom. The quantitative estimate of drug-likeness (QED) is 0.567. The Hall–Kier alpha value is -0.0400. The van der Waals surface area contributed by atoms with Crippen LogP contribution in [0, 0.1) is 23.7 Å². The third kappa shape index (κ3) is 9.64. The van der Waals surface area contributed by atoms with Gasteiger partial charge >= 0.3 is 0 Å². The maximum Gasteiger partial charge on any atom is 0.000946 e. The fourth-order valence-corrected chi connectivity index (χ4v) is 1.79. The van der Waals surface area contributed by atoms with Gasteiger partial charge in [-0.3, -0.25) is 0 Å². The van der Waals surface area contributed by atoms with E-state index in [0.717, 1.165) is 23.7 Å². The number of hydrogen-bond donors (Lipinski definition) is 0. The van der Waals surface area contributed by atoms with Crippen LogP contribution in [0.2, 0.25) is 0 Å². The van der Waals surface area contributed by atoms with E-state index < -0.39 is 0 Å². The normalized spacial score (nSPS) is 14.3. The summed E-state index contributed by atoms with van der Waals surface area (Å²) < 4.78 is 0. The Kier molecular flexibility index (Phi) is 8.94. The molecule has 0 N–H and O–H groups in total. The Bertz CT molecular complexity index is 160. The standard InChI is InChI=1S/C16H35N/c1-13(2)8-10-17(11-9-14(3)4)12-16(7)15(5)6/h13-16H,8-12H2,1-7H3. The predicted octanol–water partition coefficient (Wildman–Crippen LogP) is 4.67. The highest BCUT2D eigenvalue weighted by molar-refractivity contribution is 4.67. The summed E-state index contributed by atoms with van der Waals surface area (Å²) in [6.45, 7) is 20.2. The van der Waals surface area contributed by atoms with E-state index in [2.05, 4.69) is 53.4 Å². The predicted molar refractivity (Wildman–Crippen MR) is 79.4 cm³/mol. The first-order chi connectivity index (χ1) is 7.82. The van der Waals surface area contributed by atoms with Crippen molar-refractivity contribution in [3.05, 3.63) is 0 Å². The van der Waals surface area contributed by atoms with E-state index in [1.165, 1.54) is 32.5 Å². The monoisotopic (exact) mass is 241 g/mol. The van der Waals surface area contributed by atoms with E-state index in [9.17, 15) is 0 Å². The molecule has 104 valence electrons. The Labute approximate surface area is 110 Å². The molecule has 17 heavy (non-hydrogen) atoms.